The molecule has 1 aromatic rings. The molecule has 192 valence electrons. The average molecular weight is 478 g/mol. The van der Waals surface area contributed by atoms with Gasteiger partial charge in [-0.15, -0.1) is 0 Å². The number of nitrogens with zero attached hydrogens (tertiary/aromatic N) is 1. The Kier molecular flexibility index (Phi) is 11.4. The molecule has 0 heterocycles. The van der Waals surface area contributed by atoms with Gasteiger partial charge in [0.25, 0.3) is 0 Å². The highest BCUT2D eigenvalue weighted by atomic mass is 16.6. The molecule has 34 heavy (non-hydrogen) atoms. The van der Waals surface area contributed by atoms with Gasteiger partial charge in [-0.05, 0) is 65.7 Å². The molecule has 0 radical (unpaired) electrons. The maximum atomic E-state index is 13.4. The van der Waals surface area contributed by atoms with Gasteiger partial charge >= 0.3 is 6.09 Å². The molecule has 0 saturated carbocycles. The summed E-state index contributed by atoms with van der Waals surface area (Å²) in [6.45, 7) is 13.1. The molecule has 0 bridgehead atoms. The summed E-state index contributed by atoms with van der Waals surface area (Å²) in [5.41, 5.74) is -0.608. The van der Waals surface area contributed by atoms with E-state index in [1.54, 1.807) is 32.9 Å². The van der Waals surface area contributed by atoms with Gasteiger partial charge in [-0.1, -0.05) is 44.7 Å². The van der Waals surface area contributed by atoms with Crippen LogP contribution in [-0.2, 0) is 14.3 Å². The summed E-state index contributed by atoms with van der Waals surface area (Å²) in [7, 11) is 0. The lowest BCUT2D eigenvalue weighted by atomic mass is 10.0. The van der Waals surface area contributed by atoms with Crippen molar-refractivity contribution in [1.29, 1.82) is 0 Å². The van der Waals surface area contributed by atoms with Gasteiger partial charge in [0.2, 0.25) is 11.8 Å². The first-order chi connectivity index (χ1) is 15.7. The summed E-state index contributed by atoms with van der Waals surface area (Å²) in [6.07, 6.45) is 4.24. The van der Waals surface area contributed by atoms with E-state index >= 15 is 0 Å². The summed E-state index contributed by atoms with van der Waals surface area (Å²) in [4.78, 5) is 40.3. The molecular formula is C26H43N3O5. The van der Waals surface area contributed by atoms with E-state index in [2.05, 4.69) is 17.6 Å². The maximum Gasteiger partial charge on any atom is 0.408 e. The fraction of sp³-hybridized carbons (Fsp3) is 0.654. The molecule has 3 amide bonds. The van der Waals surface area contributed by atoms with Crippen molar-refractivity contribution in [2.24, 2.45) is 0 Å². The minimum absolute atomic E-state index is 0.0720. The van der Waals surface area contributed by atoms with Gasteiger partial charge in [0.05, 0.1) is 0 Å². The number of nitrogens with one attached hydrogen (secondary N) is 2. The van der Waals surface area contributed by atoms with Gasteiger partial charge in [-0.25, -0.2) is 4.79 Å². The molecule has 1 atom stereocenters. The Bertz CT molecular complexity index is 794. The molecule has 8 heteroatoms. The number of hydrogen-bond acceptors (Lipinski definition) is 5. The third-order valence-electron chi connectivity index (χ3n) is 4.87. The lowest BCUT2D eigenvalue weighted by Gasteiger charge is -2.34. The predicted molar refractivity (Wildman–Crippen MR) is 133 cm³/mol. The first kappa shape index (κ1) is 29.3. The second-order valence-electron chi connectivity index (χ2n) is 10.6. The fourth-order valence-electron chi connectivity index (χ4n) is 3.41. The average Bonchev–Trinajstić information content (AvgIpc) is 2.69. The largest absolute Gasteiger partial charge is 0.508 e. The number of phenols is 1. The maximum absolute atomic E-state index is 13.4. The zero-order valence-electron chi connectivity index (χ0n) is 21.9. The van der Waals surface area contributed by atoms with E-state index in [1.165, 1.54) is 17.0 Å². The van der Waals surface area contributed by atoms with E-state index in [0.717, 1.165) is 32.1 Å². The van der Waals surface area contributed by atoms with Crippen LogP contribution in [0.4, 0.5) is 4.79 Å². The summed E-state index contributed by atoms with van der Waals surface area (Å²) < 4.78 is 5.24. The predicted octanol–water partition coefficient (Wildman–Crippen LogP) is 4.67. The smallest absolute Gasteiger partial charge is 0.408 e. The third-order valence-corrected chi connectivity index (χ3v) is 4.87. The number of benzene rings is 1. The van der Waals surface area contributed by atoms with Gasteiger partial charge in [0, 0.05) is 12.1 Å². The Hall–Kier alpha value is -2.77. The second kappa shape index (κ2) is 13.2. The molecule has 0 saturated heterocycles. The Balaban J connectivity index is 3.18. The Morgan fingerprint density at radius 2 is 1.56 bits per heavy atom. The van der Waals surface area contributed by atoms with Crippen LogP contribution in [0.2, 0.25) is 0 Å². The van der Waals surface area contributed by atoms with Crippen molar-refractivity contribution in [3.05, 3.63) is 29.8 Å². The molecule has 0 fully saturated rings. The molecule has 8 nitrogen and oxygen atoms in total. The Morgan fingerprint density at radius 3 is 2.09 bits per heavy atom. The van der Waals surface area contributed by atoms with Crippen molar-refractivity contribution in [1.82, 2.24) is 15.5 Å². The van der Waals surface area contributed by atoms with Gasteiger partial charge in [-0.3, -0.25) is 9.59 Å². The van der Waals surface area contributed by atoms with E-state index in [9.17, 15) is 19.5 Å². The standard InChI is InChI=1S/C26H43N3O5/c1-8-9-10-11-12-17-29(21(31)18-27-24(33)34-26(5,6)7)22(23(32)28-25(2,3)4)19-13-15-20(30)16-14-19/h13-16,22,30H,8-12,17-18H2,1-7H3,(H,27,33)(H,28,32). The van der Waals surface area contributed by atoms with Crippen molar-refractivity contribution in [3.63, 3.8) is 0 Å². The molecule has 0 aliphatic rings. The number of carbonyl (C=O) groups excluding carboxylic acids is 3. The first-order valence-corrected chi connectivity index (χ1v) is 12.1. The molecular weight excluding hydrogens is 434 g/mol. The molecule has 0 aliphatic carbocycles. The van der Waals surface area contributed by atoms with Crippen molar-refractivity contribution in [3.8, 4) is 5.75 Å². The summed E-state index contributed by atoms with van der Waals surface area (Å²) in [5.74, 6) is -0.636. The fourth-order valence-corrected chi connectivity index (χ4v) is 3.41. The minimum atomic E-state index is -0.904. The van der Waals surface area contributed by atoms with E-state index in [-0.39, 0.29) is 24.1 Å². The van der Waals surface area contributed by atoms with E-state index in [0.29, 0.717) is 12.1 Å². The van der Waals surface area contributed by atoms with Crippen LogP contribution in [-0.4, -0.2) is 52.1 Å². The highest BCUT2D eigenvalue weighted by molar-refractivity contribution is 5.90. The SMILES string of the molecule is CCCCCCCN(C(=O)CNC(=O)OC(C)(C)C)C(C(=O)NC(C)(C)C)c1ccc(O)cc1. The highest BCUT2D eigenvalue weighted by Crippen LogP contribution is 2.25. The molecule has 0 aromatic heterocycles. The van der Waals surface area contributed by atoms with Gasteiger partial charge in [-0.2, -0.15) is 0 Å². The van der Waals surface area contributed by atoms with Gasteiger partial charge < -0.3 is 25.4 Å². The van der Waals surface area contributed by atoms with Crippen LogP contribution >= 0.6 is 0 Å². The number of alkyl carbamates (subject to hydrolysis) is 1. The molecule has 1 aromatic carbocycles. The number of amides is 3. The zero-order valence-corrected chi connectivity index (χ0v) is 21.9. The normalized spacial score (nSPS) is 12.6. The van der Waals surface area contributed by atoms with Gasteiger partial charge in [0.15, 0.2) is 0 Å². The first-order valence-electron chi connectivity index (χ1n) is 12.1. The van der Waals surface area contributed by atoms with Crippen LogP contribution in [0.3, 0.4) is 0 Å². The van der Waals surface area contributed by atoms with E-state index < -0.39 is 23.3 Å². The Morgan fingerprint density at radius 1 is 0.971 bits per heavy atom. The third kappa shape index (κ3) is 11.4. The van der Waals surface area contributed by atoms with Crippen LogP contribution in [0.25, 0.3) is 0 Å². The summed E-state index contributed by atoms with van der Waals surface area (Å²) in [5, 5.41) is 15.2. The molecule has 0 spiro atoms. The van der Waals surface area contributed by atoms with Crippen LogP contribution in [0.15, 0.2) is 24.3 Å². The summed E-state index contributed by atoms with van der Waals surface area (Å²) >= 11 is 0. The van der Waals surface area contributed by atoms with Crippen molar-refractivity contribution >= 4 is 17.9 Å². The zero-order chi connectivity index (χ0) is 25.9. The number of aromatic hydroxyl groups is 1. The second-order valence-corrected chi connectivity index (χ2v) is 10.6. The van der Waals surface area contributed by atoms with Crippen molar-refractivity contribution in [2.45, 2.75) is 97.8 Å². The number of rotatable bonds is 11. The molecule has 0 aliphatic heterocycles. The van der Waals surface area contributed by atoms with Crippen molar-refractivity contribution < 1.29 is 24.2 Å². The number of unbranched alkanes of at least 4 members (excludes halogenated alkanes) is 4. The van der Waals surface area contributed by atoms with Crippen LogP contribution in [0.1, 0.15) is 92.2 Å². The summed E-state index contributed by atoms with van der Waals surface area (Å²) in [6, 6.07) is 5.37. The van der Waals surface area contributed by atoms with Crippen LogP contribution in [0, 0.1) is 0 Å². The number of carbonyl (C=O) groups is 3. The number of ether oxygens (including phenoxy) is 1. The molecule has 1 rings (SSSR count). The number of hydrogen-bond donors (Lipinski definition) is 3. The quantitative estimate of drug-likeness (QED) is 0.401. The molecule has 1 unspecified atom stereocenters. The van der Waals surface area contributed by atoms with Crippen molar-refractivity contribution in [2.75, 3.05) is 13.1 Å². The van der Waals surface area contributed by atoms with Gasteiger partial charge in [0.1, 0.15) is 23.9 Å². The van der Waals surface area contributed by atoms with Crippen LogP contribution < -0.4 is 10.6 Å². The topological polar surface area (TPSA) is 108 Å². The Labute approximate surface area is 204 Å². The lowest BCUT2D eigenvalue weighted by Crippen LogP contribution is -2.51. The molecule has 3 N–H and O–H groups in total. The number of phenolic OH excluding ortho intramolecular Hbond substituents is 1. The van der Waals surface area contributed by atoms with Crippen LogP contribution in [0.5, 0.6) is 5.75 Å². The monoisotopic (exact) mass is 477 g/mol. The highest BCUT2D eigenvalue weighted by Gasteiger charge is 2.33. The van der Waals surface area contributed by atoms with E-state index in [4.69, 9.17) is 4.74 Å². The minimum Gasteiger partial charge on any atom is -0.508 e. The lowest BCUT2D eigenvalue weighted by molar-refractivity contribution is -0.141. The van der Waals surface area contributed by atoms with E-state index in [1.807, 2.05) is 20.8 Å².